The first-order valence-electron chi connectivity index (χ1n) is 11.3. The van der Waals surface area contributed by atoms with E-state index in [1.54, 1.807) is 12.2 Å². The molecule has 0 aromatic heterocycles. The molecule has 0 radical (unpaired) electrons. The third-order valence-corrected chi connectivity index (χ3v) is 7.24. The quantitative estimate of drug-likeness (QED) is 0.152. The van der Waals surface area contributed by atoms with Crippen LogP contribution in [0.15, 0.2) is 78.4 Å². The minimum Gasteiger partial charge on any atom is -0.274 e. The average molecular weight is 493 g/mol. The molecule has 2 fully saturated rings. The number of carbonyl (C=O) groups is 2. The fourth-order valence-corrected chi connectivity index (χ4v) is 5.82. The van der Waals surface area contributed by atoms with E-state index in [2.05, 4.69) is 0 Å². The summed E-state index contributed by atoms with van der Waals surface area (Å²) < 4.78 is 70.4. The Morgan fingerprint density at radius 1 is 0.583 bits per heavy atom. The Balaban J connectivity index is 1.51. The summed E-state index contributed by atoms with van der Waals surface area (Å²) >= 11 is 0. The van der Waals surface area contributed by atoms with Gasteiger partial charge in [-0.05, 0) is 22.3 Å². The van der Waals surface area contributed by atoms with Gasteiger partial charge in [0.25, 0.3) is 0 Å². The van der Waals surface area contributed by atoms with E-state index in [9.17, 15) is 31.5 Å². The van der Waals surface area contributed by atoms with Gasteiger partial charge in [-0.3, -0.25) is 9.59 Å². The van der Waals surface area contributed by atoms with Gasteiger partial charge in [-0.25, -0.2) is 26.9 Å². The van der Waals surface area contributed by atoms with Gasteiger partial charge >= 0.3 is 0 Å². The van der Waals surface area contributed by atoms with E-state index >= 15 is 0 Å². The van der Waals surface area contributed by atoms with Gasteiger partial charge in [-0.15, -0.1) is 0 Å². The number of allylic oxidation sites excluding steroid dienone is 3. The van der Waals surface area contributed by atoms with E-state index in [0.717, 1.165) is 22.3 Å². The van der Waals surface area contributed by atoms with Crippen LogP contribution in [0.1, 0.15) is 11.1 Å². The number of hydrogen-bond acceptors (Lipinski definition) is 2. The van der Waals surface area contributed by atoms with Crippen LogP contribution in [0.2, 0.25) is 0 Å². The molecule has 0 unspecified atom stereocenters. The molecule has 1 heterocycles. The summed E-state index contributed by atoms with van der Waals surface area (Å²) in [7, 11) is 0. The smallest absolute Gasteiger partial charge is 0.238 e. The van der Waals surface area contributed by atoms with Crippen molar-refractivity contribution in [1.82, 2.24) is 0 Å². The molecule has 36 heavy (non-hydrogen) atoms. The molecule has 180 valence electrons. The molecule has 1 aliphatic heterocycles. The van der Waals surface area contributed by atoms with Crippen LogP contribution in [0.3, 0.4) is 0 Å². The first-order chi connectivity index (χ1) is 17.3. The SMILES string of the molecule is O=C1[C@@H]2[C@@H](C(=O)N1c1c(F)c(F)c(F)c(F)c1F)[C@H]1C=C[C@H]2C1=C(c1ccccc1)c1ccccc1. The van der Waals surface area contributed by atoms with Crippen molar-refractivity contribution in [3.8, 4) is 0 Å². The number of carbonyl (C=O) groups excluding carboxylic acids is 2. The summed E-state index contributed by atoms with van der Waals surface area (Å²) in [5.41, 5.74) is 1.88. The predicted molar refractivity (Wildman–Crippen MR) is 121 cm³/mol. The van der Waals surface area contributed by atoms with E-state index in [1.165, 1.54) is 0 Å². The van der Waals surface area contributed by atoms with Crippen molar-refractivity contribution in [2.24, 2.45) is 23.7 Å². The fourth-order valence-electron chi connectivity index (χ4n) is 5.82. The van der Waals surface area contributed by atoms with Crippen LogP contribution in [0, 0.1) is 52.8 Å². The Labute approximate surface area is 202 Å². The number of fused-ring (bicyclic) bond motifs is 5. The second kappa shape index (κ2) is 7.98. The van der Waals surface area contributed by atoms with Crippen molar-refractivity contribution in [2.75, 3.05) is 4.90 Å². The van der Waals surface area contributed by atoms with Gasteiger partial charge in [0.2, 0.25) is 17.6 Å². The van der Waals surface area contributed by atoms with Crippen LogP contribution < -0.4 is 4.90 Å². The van der Waals surface area contributed by atoms with Crippen molar-refractivity contribution in [2.45, 2.75) is 0 Å². The van der Waals surface area contributed by atoms with E-state index in [0.29, 0.717) is 0 Å². The van der Waals surface area contributed by atoms with E-state index in [-0.39, 0.29) is 4.90 Å². The molecular weight excluding hydrogens is 477 g/mol. The van der Waals surface area contributed by atoms with Gasteiger partial charge in [0.1, 0.15) is 5.69 Å². The Morgan fingerprint density at radius 2 is 0.972 bits per heavy atom. The summed E-state index contributed by atoms with van der Waals surface area (Å²) in [5, 5.41) is 0. The minimum atomic E-state index is -2.35. The van der Waals surface area contributed by atoms with E-state index in [4.69, 9.17) is 0 Å². The van der Waals surface area contributed by atoms with Gasteiger partial charge < -0.3 is 0 Å². The molecule has 2 bridgehead atoms. The van der Waals surface area contributed by atoms with E-state index < -0.39 is 70.3 Å². The second-order valence-electron chi connectivity index (χ2n) is 8.98. The molecule has 3 nitrogen and oxygen atoms in total. The number of halogens is 5. The van der Waals surface area contributed by atoms with Gasteiger partial charge in [0.05, 0.1) is 11.8 Å². The zero-order valence-electron chi connectivity index (χ0n) is 18.4. The Morgan fingerprint density at radius 3 is 1.39 bits per heavy atom. The maximum absolute atomic E-state index is 14.5. The lowest BCUT2D eigenvalue weighted by molar-refractivity contribution is -0.123. The standard InChI is InChI=1S/C28H16F5NO2/c29-21-22(30)24(32)26(25(33)23(21)31)34-27(35)19-15-11-12-16(20(19)28(34)36)18(15)17(13-7-3-1-4-8-13)14-9-5-2-6-10-14/h1-12,15-16,19-20H/t15-,16-,19-,20-/m0/s1. The zero-order valence-corrected chi connectivity index (χ0v) is 18.4. The minimum absolute atomic E-state index is 0.139. The van der Waals surface area contributed by atoms with Crippen LogP contribution in [0.4, 0.5) is 27.6 Å². The molecule has 0 spiro atoms. The van der Waals surface area contributed by atoms with Crippen LogP contribution in [0.25, 0.3) is 5.57 Å². The molecule has 3 aromatic rings. The molecule has 1 saturated carbocycles. The van der Waals surface area contributed by atoms with Gasteiger partial charge in [-0.1, -0.05) is 72.8 Å². The second-order valence-corrected chi connectivity index (χ2v) is 8.98. The predicted octanol–water partition coefficient (Wildman–Crippen LogP) is 5.81. The third kappa shape index (κ3) is 2.90. The lowest BCUT2D eigenvalue weighted by Gasteiger charge is -2.22. The molecule has 1 saturated heterocycles. The number of nitrogens with zero attached hydrogens (tertiary/aromatic N) is 1. The topological polar surface area (TPSA) is 37.4 Å². The zero-order chi connectivity index (χ0) is 25.3. The molecular formula is C28H16F5NO2. The van der Waals surface area contributed by atoms with Gasteiger partial charge in [0.15, 0.2) is 23.3 Å². The van der Waals surface area contributed by atoms with Crippen molar-refractivity contribution in [3.63, 3.8) is 0 Å². The summed E-state index contributed by atoms with van der Waals surface area (Å²) in [6, 6.07) is 18.8. The summed E-state index contributed by atoms with van der Waals surface area (Å²) in [5.74, 6) is -16.3. The Kier molecular flexibility index (Phi) is 4.96. The van der Waals surface area contributed by atoms with Crippen molar-refractivity contribution >= 4 is 23.1 Å². The lowest BCUT2D eigenvalue weighted by Crippen LogP contribution is -2.35. The molecule has 0 N–H and O–H groups in total. The Bertz CT molecular complexity index is 1390. The Hall–Kier alpha value is -4.07. The average Bonchev–Trinajstić information content (AvgIpc) is 3.53. The van der Waals surface area contributed by atoms with Crippen LogP contribution in [-0.4, -0.2) is 11.8 Å². The maximum atomic E-state index is 14.5. The van der Waals surface area contributed by atoms with Crippen LogP contribution in [-0.2, 0) is 9.59 Å². The number of benzene rings is 3. The molecule has 6 rings (SSSR count). The van der Waals surface area contributed by atoms with E-state index in [1.807, 2.05) is 60.7 Å². The highest BCUT2D eigenvalue weighted by molar-refractivity contribution is 6.23. The molecule has 2 aliphatic carbocycles. The lowest BCUT2D eigenvalue weighted by atomic mass is 9.85. The highest BCUT2D eigenvalue weighted by atomic mass is 19.2. The normalized spacial score (nSPS) is 24.1. The fraction of sp³-hybridized carbons (Fsp3) is 0.143. The number of imide groups is 1. The number of rotatable bonds is 3. The number of anilines is 1. The maximum Gasteiger partial charge on any atom is 0.238 e. The number of amides is 2. The summed E-state index contributed by atoms with van der Waals surface area (Å²) in [6.45, 7) is 0. The van der Waals surface area contributed by atoms with Crippen LogP contribution in [0.5, 0.6) is 0 Å². The molecule has 2 amide bonds. The van der Waals surface area contributed by atoms with Gasteiger partial charge in [-0.2, -0.15) is 0 Å². The van der Waals surface area contributed by atoms with Gasteiger partial charge in [0, 0.05) is 11.8 Å². The molecule has 3 aromatic carbocycles. The monoisotopic (exact) mass is 493 g/mol. The molecule has 3 aliphatic rings. The van der Waals surface area contributed by atoms with Crippen molar-refractivity contribution < 1.29 is 31.5 Å². The third-order valence-electron chi connectivity index (χ3n) is 7.24. The van der Waals surface area contributed by atoms with Crippen molar-refractivity contribution in [3.05, 3.63) is 119 Å². The van der Waals surface area contributed by atoms with Crippen molar-refractivity contribution in [1.29, 1.82) is 0 Å². The largest absolute Gasteiger partial charge is 0.274 e. The number of hydrogen-bond donors (Lipinski definition) is 0. The first-order valence-corrected chi connectivity index (χ1v) is 11.3. The highest BCUT2D eigenvalue weighted by Crippen LogP contribution is 2.59. The molecule has 8 heteroatoms. The highest BCUT2D eigenvalue weighted by Gasteiger charge is 2.63. The van der Waals surface area contributed by atoms with Crippen LogP contribution >= 0.6 is 0 Å². The summed E-state index contributed by atoms with van der Waals surface area (Å²) in [4.78, 5) is 27.0. The summed E-state index contributed by atoms with van der Waals surface area (Å²) in [6.07, 6.45) is 3.56. The molecule has 4 atom stereocenters. The first kappa shape index (κ1) is 22.4.